The monoisotopic (exact) mass is 146 g/mol. The van der Waals surface area contributed by atoms with Crippen molar-refractivity contribution in [1.29, 1.82) is 0 Å². The Labute approximate surface area is 61.0 Å². The minimum atomic E-state index is -0.232. The van der Waals surface area contributed by atoms with Gasteiger partial charge >= 0.3 is 0 Å². The first-order chi connectivity index (χ1) is 4.77. The molecule has 0 aromatic rings. The molecule has 0 spiro atoms. The molecular formula is C7H15FN2. The van der Waals surface area contributed by atoms with Gasteiger partial charge in [0.15, 0.2) is 0 Å². The van der Waals surface area contributed by atoms with Gasteiger partial charge in [-0.1, -0.05) is 0 Å². The van der Waals surface area contributed by atoms with Crippen molar-refractivity contribution in [3.63, 3.8) is 0 Å². The van der Waals surface area contributed by atoms with E-state index >= 15 is 0 Å². The molecule has 1 aliphatic rings. The average molecular weight is 146 g/mol. The van der Waals surface area contributed by atoms with Crippen LogP contribution in [-0.2, 0) is 0 Å². The Bertz CT molecular complexity index is 102. The zero-order valence-electron chi connectivity index (χ0n) is 6.20. The van der Waals surface area contributed by atoms with Crippen LogP contribution >= 0.6 is 0 Å². The van der Waals surface area contributed by atoms with Crippen LogP contribution in [0, 0.1) is 0 Å². The quantitative estimate of drug-likeness (QED) is 0.552. The van der Waals surface area contributed by atoms with Gasteiger partial charge in [0.1, 0.15) is 0 Å². The molecule has 0 aromatic carbocycles. The fourth-order valence-electron chi connectivity index (χ4n) is 0.866. The van der Waals surface area contributed by atoms with Gasteiger partial charge in [-0.05, 0) is 25.8 Å². The van der Waals surface area contributed by atoms with E-state index in [0.29, 0.717) is 6.42 Å². The van der Waals surface area contributed by atoms with Crippen molar-refractivity contribution < 1.29 is 4.39 Å². The summed E-state index contributed by atoms with van der Waals surface area (Å²) in [5.74, 6) is 0. The Hall–Kier alpha value is -0.150. The highest BCUT2D eigenvalue weighted by atomic mass is 19.1. The van der Waals surface area contributed by atoms with Crippen LogP contribution in [0.4, 0.5) is 4.39 Å². The molecule has 1 aliphatic carbocycles. The largest absolute Gasteiger partial charge is 0.324 e. The molecule has 0 amide bonds. The second-order valence-corrected chi connectivity index (χ2v) is 3.08. The molecule has 0 heterocycles. The van der Waals surface area contributed by atoms with E-state index < -0.39 is 0 Å². The SMILES string of the molecule is NC1(CNCCCF)CC1. The van der Waals surface area contributed by atoms with Crippen molar-refractivity contribution >= 4 is 0 Å². The lowest BCUT2D eigenvalue weighted by molar-refractivity contribution is 0.451. The van der Waals surface area contributed by atoms with Crippen molar-refractivity contribution in [1.82, 2.24) is 5.32 Å². The third-order valence-electron chi connectivity index (χ3n) is 1.86. The lowest BCUT2D eigenvalue weighted by Gasteiger charge is -2.08. The molecular weight excluding hydrogens is 131 g/mol. The normalized spacial score (nSPS) is 21.0. The van der Waals surface area contributed by atoms with E-state index in [1.165, 1.54) is 0 Å². The van der Waals surface area contributed by atoms with Crippen molar-refractivity contribution in [2.75, 3.05) is 19.8 Å². The van der Waals surface area contributed by atoms with E-state index in [-0.39, 0.29) is 12.2 Å². The highest BCUT2D eigenvalue weighted by molar-refractivity contribution is 5.00. The Kier molecular flexibility index (Phi) is 2.63. The third kappa shape index (κ3) is 2.62. The van der Waals surface area contributed by atoms with Gasteiger partial charge in [0, 0.05) is 12.1 Å². The predicted octanol–water partition coefficient (Wildman–Crippen LogP) is 0.427. The highest BCUT2D eigenvalue weighted by Gasteiger charge is 2.37. The molecule has 0 unspecified atom stereocenters. The first-order valence-electron chi connectivity index (χ1n) is 3.82. The summed E-state index contributed by atoms with van der Waals surface area (Å²) in [5, 5.41) is 3.12. The number of nitrogens with two attached hydrogens (primary N) is 1. The first-order valence-corrected chi connectivity index (χ1v) is 3.82. The Balaban J connectivity index is 1.86. The highest BCUT2D eigenvalue weighted by Crippen LogP contribution is 2.30. The maximum atomic E-state index is 11.6. The third-order valence-corrected chi connectivity index (χ3v) is 1.86. The van der Waals surface area contributed by atoms with E-state index in [1.807, 2.05) is 0 Å². The van der Waals surface area contributed by atoms with Gasteiger partial charge in [-0.15, -0.1) is 0 Å². The summed E-state index contributed by atoms with van der Waals surface area (Å²) in [6.07, 6.45) is 2.85. The Morgan fingerprint density at radius 3 is 2.70 bits per heavy atom. The van der Waals surface area contributed by atoms with Crippen LogP contribution in [0.15, 0.2) is 0 Å². The average Bonchev–Trinajstić information content (AvgIpc) is 2.62. The van der Waals surface area contributed by atoms with Gasteiger partial charge in [0.2, 0.25) is 0 Å². The lowest BCUT2D eigenvalue weighted by Crippen LogP contribution is -2.36. The molecule has 1 fully saturated rings. The summed E-state index contributed by atoms with van der Waals surface area (Å²) < 4.78 is 11.6. The van der Waals surface area contributed by atoms with E-state index in [1.54, 1.807) is 0 Å². The van der Waals surface area contributed by atoms with Gasteiger partial charge in [-0.3, -0.25) is 4.39 Å². The van der Waals surface area contributed by atoms with Gasteiger partial charge in [-0.2, -0.15) is 0 Å². The van der Waals surface area contributed by atoms with Crippen LogP contribution in [0.2, 0.25) is 0 Å². The maximum absolute atomic E-state index is 11.6. The van der Waals surface area contributed by atoms with Gasteiger partial charge < -0.3 is 11.1 Å². The van der Waals surface area contributed by atoms with Crippen LogP contribution in [0.5, 0.6) is 0 Å². The van der Waals surface area contributed by atoms with E-state index in [4.69, 9.17) is 5.73 Å². The second-order valence-electron chi connectivity index (χ2n) is 3.08. The lowest BCUT2D eigenvalue weighted by atomic mass is 10.3. The summed E-state index contributed by atoms with van der Waals surface area (Å²) in [4.78, 5) is 0. The van der Waals surface area contributed by atoms with Crippen molar-refractivity contribution in [3.8, 4) is 0 Å². The predicted molar refractivity (Wildman–Crippen MR) is 39.6 cm³/mol. The van der Waals surface area contributed by atoms with E-state index in [9.17, 15) is 4.39 Å². The van der Waals surface area contributed by atoms with Crippen molar-refractivity contribution in [2.24, 2.45) is 5.73 Å². The summed E-state index contributed by atoms with van der Waals surface area (Å²) in [5.41, 5.74) is 5.84. The fraction of sp³-hybridized carbons (Fsp3) is 1.00. The topological polar surface area (TPSA) is 38.0 Å². The van der Waals surface area contributed by atoms with Crippen LogP contribution < -0.4 is 11.1 Å². The Morgan fingerprint density at radius 1 is 1.50 bits per heavy atom. The number of halogens is 1. The smallest absolute Gasteiger partial charge is 0.0906 e. The molecule has 2 nitrogen and oxygen atoms in total. The van der Waals surface area contributed by atoms with Crippen LogP contribution in [-0.4, -0.2) is 25.3 Å². The summed E-state index contributed by atoms with van der Waals surface area (Å²) in [6.45, 7) is 1.38. The Morgan fingerprint density at radius 2 is 2.20 bits per heavy atom. The summed E-state index contributed by atoms with van der Waals surface area (Å²) >= 11 is 0. The summed E-state index contributed by atoms with van der Waals surface area (Å²) in [6, 6.07) is 0. The molecule has 0 atom stereocenters. The number of hydrogen-bond acceptors (Lipinski definition) is 2. The molecule has 0 aliphatic heterocycles. The van der Waals surface area contributed by atoms with Crippen molar-refractivity contribution in [2.45, 2.75) is 24.8 Å². The summed E-state index contributed by atoms with van der Waals surface area (Å²) in [7, 11) is 0. The molecule has 0 bridgehead atoms. The molecule has 0 radical (unpaired) electrons. The number of alkyl halides is 1. The molecule has 3 heteroatoms. The van der Waals surface area contributed by atoms with E-state index in [0.717, 1.165) is 25.9 Å². The van der Waals surface area contributed by atoms with Crippen LogP contribution in [0.3, 0.4) is 0 Å². The fourth-order valence-corrected chi connectivity index (χ4v) is 0.866. The maximum Gasteiger partial charge on any atom is 0.0906 e. The van der Waals surface area contributed by atoms with Crippen LogP contribution in [0.1, 0.15) is 19.3 Å². The zero-order chi connectivity index (χ0) is 7.45. The first kappa shape index (κ1) is 7.95. The molecule has 0 saturated heterocycles. The number of hydrogen-bond donors (Lipinski definition) is 2. The van der Waals surface area contributed by atoms with Gasteiger partial charge in [-0.25, -0.2) is 0 Å². The van der Waals surface area contributed by atoms with Gasteiger partial charge in [0.25, 0.3) is 0 Å². The molecule has 1 rings (SSSR count). The standard InChI is InChI=1S/C7H15FN2/c8-4-1-5-10-6-7(9)2-3-7/h10H,1-6,9H2. The molecule has 1 saturated carbocycles. The van der Waals surface area contributed by atoms with Crippen LogP contribution in [0.25, 0.3) is 0 Å². The number of rotatable bonds is 5. The molecule has 0 aromatic heterocycles. The van der Waals surface area contributed by atoms with Crippen molar-refractivity contribution in [3.05, 3.63) is 0 Å². The van der Waals surface area contributed by atoms with E-state index in [2.05, 4.69) is 5.32 Å². The van der Waals surface area contributed by atoms with Gasteiger partial charge in [0.05, 0.1) is 6.67 Å². The second kappa shape index (κ2) is 3.30. The molecule has 60 valence electrons. The number of nitrogens with one attached hydrogen (secondary N) is 1. The molecule has 10 heavy (non-hydrogen) atoms. The minimum Gasteiger partial charge on any atom is -0.324 e. The zero-order valence-corrected chi connectivity index (χ0v) is 6.20. The minimum absolute atomic E-state index is 0.0658. The molecule has 3 N–H and O–H groups in total.